The molecular weight excluding hydrogens is 223 g/mol. The summed E-state index contributed by atoms with van der Waals surface area (Å²) in [5.41, 5.74) is -3.46. The van der Waals surface area contributed by atoms with Gasteiger partial charge in [0.05, 0.1) is 11.9 Å². The molecule has 0 aliphatic heterocycles. The molecule has 0 rings (SSSR count). The zero-order chi connectivity index (χ0) is 11.5. The van der Waals surface area contributed by atoms with E-state index < -0.39 is 36.0 Å². The molecule has 15 heavy (non-hydrogen) atoms. The second-order valence-corrected chi connectivity index (χ2v) is 2.48. The van der Waals surface area contributed by atoms with Crippen LogP contribution in [0.15, 0.2) is 0 Å². The Labute approximate surface area is 108 Å². The van der Waals surface area contributed by atoms with Gasteiger partial charge in [-0.15, -0.1) is 0 Å². The number of hydrogen-bond acceptors (Lipinski definition) is 8. The Morgan fingerprint density at radius 3 is 1.87 bits per heavy atom. The van der Waals surface area contributed by atoms with Gasteiger partial charge in [-0.1, -0.05) is 0 Å². The maximum atomic E-state index is 10.2. The summed E-state index contributed by atoms with van der Waals surface area (Å²) in [4.78, 5) is 30.2. The van der Waals surface area contributed by atoms with Crippen LogP contribution in [0.3, 0.4) is 0 Å². The zero-order valence-corrected chi connectivity index (χ0v) is 9.63. The van der Waals surface area contributed by atoms with E-state index >= 15 is 0 Å². The van der Waals surface area contributed by atoms with Crippen LogP contribution in [0.5, 0.6) is 0 Å². The van der Waals surface area contributed by atoms with Crippen LogP contribution in [0.25, 0.3) is 0 Å². The topological polar surface area (TPSA) is 161 Å². The minimum absolute atomic E-state index is 0. The van der Waals surface area contributed by atoms with Gasteiger partial charge in [0, 0.05) is 12.4 Å². The van der Waals surface area contributed by atoms with Crippen LogP contribution in [-0.2, 0) is 14.4 Å². The molecule has 0 aliphatic carbocycles. The van der Waals surface area contributed by atoms with Crippen LogP contribution in [0.1, 0.15) is 9.27 Å². The SMILES string of the molecule is O=C([O-])CC(O)(C(=O)[O-])C(O)C(=O)[O-].[H+].[H+].[Na+]. The first-order valence-corrected chi connectivity index (χ1v) is 3.24. The summed E-state index contributed by atoms with van der Waals surface area (Å²) < 4.78 is 0. The standard InChI is InChI=1S/C6H8O8.Na/c7-2(8)1-6(14,5(12)13)3(9)4(10)11;/h3,9,14H,1H2,(H,7,8)(H,10,11)(H,12,13);/q;+1/p-1. The third-order valence-corrected chi connectivity index (χ3v) is 1.44. The van der Waals surface area contributed by atoms with Gasteiger partial charge >= 0.3 is 32.4 Å². The van der Waals surface area contributed by atoms with Crippen molar-refractivity contribution in [2.45, 2.75) is 18.1 Å². The van der Waals surface area contributed by atoms with Gasteiger partial charge in [0.2, 0.25) is 0 Å². The Bertz CT molecular complexity index is 285. The van der Waals surface area contributed by atoms with Crippen molar-refractivity contribution < 1.29 is 72.3 Å². The van der Waals surface area contributed by atoms with E-state index in [2.05, 4.69) is 0 Å². The molecule has 80 valence electrons. The van der Waals surface area contributed by atoms with E-state index in [0.717, 1.165) is 0 Å². The molecule has 0 spiro atoms. The Kier molecular flexibility index (Phi) is 6.73. The number of rotatable bonds is 5. The van der Waals surface area contributed by atoms with Gasteiger partial charge in [-0.25, -0.2) is 0 Å². The van der Waals surface area contributed by atoms with Crippen LogP contribution in [0.4, 0.5) is 0 Å². The zero-order valence-electron chi connectivity index (χ0n) is 9.63. The fraction of sp³-hybridized carbons (Fsp3) is 0.500. The molecule has 0 aliphatic rings. The smallest absolute Gasteiger partial charge is 0.550 e. The first-order chi connectivity index (χ1) is 6.21. The van der Waals surface area contributed by atoms with Crippen molar-refractivity contribution >= 4 is 17.9 Å². The summed E-state index contributed by atoms with van der Waals surface area (Å²) in [5, 5.41) is 47.8. The van der Waals surface area contributed by atoms with E-state index in [1.54, 1.807) is 0 Å². The summed E-state index contributed by atoms with van der Waals surface area (Å²) in [5.74, 6) is -6.84. The number of hydrogen-bond donors (Lipinski definition) is 2. The van der Waals surface area contributed by atoms with E-state index in [1.807, 2.05) is 0 Å². The van der Waals surface area contributed by atoms with Crippen LogP contribution in [0, 0.1) is 0 Å². The molecule has 0 heterocycles. The predicted molar refractivity (Wildman–Crippen MR) is 32.8 cm³/mol. The van der Waals surface area contributed by atoms with Crippen molar-refractivity contribution in [1.82, 2.24) is 0 Å². The fourth-order valence-corrected chi connectivity index (χ4v) is 0.695. The summed E-state index contributed by atoms with van der Waals surface area (Å²) in [6.45, 7) is 0. The first kappa shape index (κ1) is 16.7. The van der Waals surface area contributed by atoms with E-state index in [1.165, 1.54) is 0 Å². The van der Waals surface area contributed by atoms with Crippen molar-refractivity contribution in [3.8, 4) is 0 Å². The second-order valence-electron chi connectivity index (χ2n) is 2.48. The largest absolute Gasteiger partial charge is 1.00 e. The molecule has 2 atom stereocenters. The molecule has 2 unspecified atom stereocenters. The number of aliphatic carboxylic acids is 3. The van der Waals surface area contributed by atoms with Gasteiger partial charge in [0.15, 0.2) is 0 Å². The van der Waals surface area contributed by atoms with Gasteiger partial charge < -0.3 is 39.9 Å². The number of aliphatic hydroxyl groups excluding tert-OH is 1. The predicted octanol–water partition coefficient (Wildman–Crippen LogP) is -9.05. The summed E-state index contributed by atoms with van der Waals surface area (Å²) in [6, 6.07) is 0. The van der Waals surface area contributed by atoms with Gasteiger partial charge in [-0.3, -0.25) is 0 Å². The van der Waals surface area contributed by atoms with Crippen molar-refractivity contribution in [2.75, 3.05) is 0 Å². The van der Waals surface area contributed by atoms with Crippen molar-refractivity contribution in [1.29, 1.82) is 0 Å². The molecule has 0 aromatic rings. The minimum atomic E-state index is -3.46. The first-order valence-electron chi connectivity index (χ1n) is 3.24. The third kappa shape index (κ3) is 4.14. The van der Waals surface area contributed by atoms with E-state index in [9.17, 15) is 29.7 Å². The molecule has 2 N–H and O–H groups in total. The monoisotopic (exact) mass is 230 g/mol. The molecule has 8 nitrogen and oxygen atoms in total. The minimum Gasteiger partial charge on any atom is -0.550 e. The Balaban J connectivity index is -0.000000282. The summed E-state index contributed by atoms with van der Waals surface area (Å²) in [7, 11) is 0. The van der Waals surface area contributed by atoms with Crippen molar-refractivity contribution in [3.63, 3.8) is 0 Å². The average molecular weight is 230 g/mol. The normalized spacial score (nSPS) is 15.6. The van der Waals surface area contributed by atoms with E-state index in [-0.39, 0.29) is 32.4 Å². The van der Waals surface area contributed by atoms with Crippen LogP contribution in [0.2, 0.25) is 0 Å². The van der Waals surface area contributed by atoms with E-state index in [4.69, 9.17) is 10.2 Å². The number of carbonyl (C=O) groups excluding carboxylic acids is 3. The summed E-state index contributed by atoms with van der Waals surface area (Å²) >= 11 is 0. The number of carbonyl (C=O) groups is 3. The molecular formula is C6H7NaO8. The maximum Gasteiger partial charge on any atom is 1.00 e. The van der Waals surface area contributed by atoms with Gasteiger partial charge in [0.1, 0.15) is 11.7 Å². The molecule has 0 saturated carbocycles. The Hall–Kier alpha value is -0.670. The van der Waals surface area contributed by atoms with E-state index in [0.29, 0.717) is 0 Å². The molecule has 0 aromatic heterocycles. The molecule has 0 radical (unpaired) electrons. The van der Waals surface area contributed by atoms with Crippen molar-refractivity contribution in [3.05, 3.63) is 0 Å². The van der Waals surface area contributed by atoms with Crippen LogP contribution in [-0.4, -0.2) is 39.8 Å². The molecule has 0 saturated heterocycles. The quantitative estimate of drug-likeness (QED) is 0.440. The van der Waals surface area contributed by atoms with Gasteiger partial charge in [-0.05, 0) is 0 Å². The van der Waals surface area contributed by atoms with Gasteiger partial charge in [0.25, 0.3) is 0 Å². The van der Waals surface area contributed by atoms with Crippen LogP contribution >= 0.6 is 0 Å². The molecule has 9 heteroatoms. The number of aliphatic hydroxyl groups is 2. The third-order valence-electron chi connectivity index (χ3n) is 1.44. The Morgan fingerprint density at radius 1 is 1.27 bits per heavy atom. The molecule has 0 amide bonds. The van der Waals surface area contributed by atoms with Crippen LogP contribution < -0.4 is 44.9 Å². The molecule has 0 bridgehead atoms. The number of carboxylic acids is 3. The summed E-state index contributed by atoms with van der Waals surface area (Å²) in [6.07, 6.45) is -4.53. The van der Waals surface area contributed by atoms with Gasteiger partial charge in [-0.2, -0.15) is 0 Å². The second kappa shape index (κ2) is 6.03. The molecule has 0 fully saturated rings. The average Bonchev–Trinajstić information content (AvgIpc) is 2.00. The number of carboxylic acid groups (broad SMARTS) is 3. The maximum absolute atomic E-state index is 10.2. The van der Waals surface area contributed by atoms with Crippen molar-refractivity contribution in [2.24, 2.45) is 0 Å². The fourth-order valence-electron chi connectivity index (χ4n) is 0.695. The molecule has 0 aromatic carbocycles. The Morgan fingerprint density at radius 2 is 1.67 bits per heavy atom.